The van der Waals surface area contributed by atoms with Gasteiger partial charge in [-0.1, -0.05) is 12.1 Å². The van der Waals surface area contributed by atoms with Crippen molar-refractivity contribution in [1.82, 2.24) is 9.88 Å². The Labute approximate surface area is 153 Å². The van der Waals surface area contributed by atoms with Crippen molar-refractivity contribution in [3.05, 3.63) is 59.3 Å². The Bertz CT molecular complexity index is 932. The minimum absolute atomic E-state index is 0.531. The van der Waals surface area contributed by atoms with Crippen LogP contribution in [0.3, 0.4) is 0 Å². The molecule has 0 saturated heterocycles. The highest BCUT2D eigenvalue weighted by Crippen LogP contribution is 2.35. The molecule has 26 heavy (non-hydrogen) atoms. The van der Waals surface area contributed by atoms with Gasteiger partial charge in [-0.3, -0.25) is 0 Å². The van der Waals surface area contributed by atoms with Crippen molar-refractivity contribution in [1.29, 1.82) is 0 Å². The second kappa shape index (κ2) is 7.02. The normalized spacial score (nSPS) is 17.0. The molecular weight excluding hydrogens is 328 g/mol. The molecule has 1 aliphatic heterocycles. The lowest BCUT2D eigenvalue weighted by molar-refractivity contribution is 0.169. The highest BCUT2D eigenvalue weighted by molar-refractivity contribution is 5.87. The zero-order chi connectivity index (χ0) is 18.1. The highest BCUT2D eigenvalue weighted by Gasteiger charge is 2.25. The molecule has 1 aromatic heterocycles. The third-order valence-corrected chi connectivity index (χ3v) is 5.10. The molecule has 1 unspecified atom stereocenters. The third kappa shape index (κ3) is 2.93. The predicted octanol–water partition coefficient (Wildman–Crippen LogP) is 2.89. The van der Waals surface area contributed by atoms with Crippen LogP contribution in [0.2, 0.25) is 0 Å². The van der Waals surface area contributed by atoms with Crippen molar-refractivity contribution in [2.75, 3.05) is 27.3 Å². The molecule has 0 bridgehead atoms. The van der Waals surface area contributed by atoms with Gasteiger partial charge in [0.05, 0.1) is 25.4 Å². The number of fused-ring (bicyclic) bond motifs is 3. The summed E-state index contributed by atoms with van der Waals surface area (Å²) in [7, 11) is 3.36. The van der Waals surface area contributed by atoms with Gasteiger partial charge < -0.3 is 24.5 Å². The van der Waals surface area contributed by atoms with Gasteiger partial charge >= 0.3 is 0 Å². The summed E-state index contributed by atoms with van der Waals surface area (Å²) in [6.07, 6.45) is 0.372. The zero-order valence-electron chi connectivity index (χ0n) is 15.2. The molecule has 136 valence electrons. The molecule has 1 atom stereocenters. The van der Waals surface area contributed by atoms with E-state index in [2.05, 4.69) is 28.1 Å². The van der Waals surface area contributed by atoms with E-state index in [-0.39, 0.29) is 0 Å². The largest absolute Gasteiger partial charge is 0.497 e. The number of ether oxygens (including phenoxy) is 2. The summed E-state index contributed by atoms with van der Waals surface area (Å²) in [5, 5.41) is 15.3. The fourth-order valence-electron chi connectivity index (χ4n) is 3.86. The van der Waals surface area contributed by atoms with E-state index >= 15 is 0 Å². The molecule has 0 fully saturated rings. The fraction of sp³-hybridized carbons (Fsp3) is 0.333. The van der Waals surface area contributed by atoms with E-state index in [4.69, 9.17) is 9.47 Å². The summed E-state index contributed by atoms with van der Waals surface area (Å²) >= 11 is 0. The van der Waals surface area contributed by atoms with Gasteiger partial charge in [0.15, 0.2) is 0 Å². The van der Waals surface area contributed by atoms with Crippen LogP contribution in [0.25, 0.3) is 10.9 Å². The number of nitrogens with one attached hydrogen (secondary N) is 1. The summed E-state index contributed by atoms with van der Waals surface area (Å²) < 4.78 is 13.0. The number of rotatable bonds is 4. The third-order valence-electron chi connectivity index (χ3n) is 5.10. The predicted molar refractivity (Wildman–Crippen MR) is 102 cm³/mol. The molecule has 0 saturated carbocycles. The van der Waals surface area contributed by atoms with E-state index in [1.807, 2.05) is 24.3 Å². The Hall–Kier alpha value is -2.50. The molecule has 3 aromatic rings. The Morgan fingerprint density at radius 2 is 1.92 bits per heavy atom. The van der Waals surface area contributed by atoms with Crippen molar-refractivity contribution in [3.8, 4) is 11.5 Å². The van der Waals surface area contributed by atoms with Crippen LogP contribution in [0.15, 0.2) is 42.5 Å². The van der Waals surface area contributed by atoms with Crippen LogP contribution < -0.4 is 14.8 Å². The summed E-state index contributed by atoms with van der Waals surface area (Å²) in [6.45, 7) is 2.11. The summed E-state index contributed by atoms with van der Waals surface area (Å²) in [6, 6.07) is 14.2. The van der Waals surface area contributed by atoms with E-state index in [1.54, 1.807) is 14.2 Å². The Kier molecular flexibility index (Phi) is 4.57. The van der Waals surface area contributed by atoms with Crippen molar-refractivity contribution in [2.45, 2.75) is 19.1 Å². The quantitative estimate of drug-likeness (QED) is 0.758. The maximum absolute atomic E-state index is 10.8. The molecular formula is C21H24N2O3. The number of hydrogen-bond donors (Lipinski definition) is 2. The number of benzene rings is 2. The molecule has 5 heteroatoms. The fourth-order valence-corrected chi connectivity index (χ4v) is 3.86. The van der Waals surface area contributed by atoms with Gasteiger partial charge in [-0.2, -0.15) is 0 Å². The van der Waals surface area contributed by atoms with Crippen LogP contribution >= 0.6 is 0 Å². The number of aliphatic hydroxyl groups excluding tert-OH is 1. The van der Waals surface area contributed by atoms with Crippen molar-refractivity contribution in [3.63, 3.8) is 0 Å². The molecule has 0 aliphatic carbocycles. The number of nitrogens with zero attached hydrogens (tertiary/aromatic N) is 1. The molecule has 0 spiro atoms. The van der Waals surface area contributed by atoms with E-state index in [1.165, 1.54) is 10.9 Å². The average molecular weight is 352 g/mol. The number of aromatic nitrogens is 1. The maximum Gasteiger partial charge on any atom is 0.120 e. The molecule has 4 rings (SSSR count). The van der Waals surface area contributed by atoms with Gasteiger partial charge in [0, 0.05) is 24.5 Å². The van der Waals surface area contributed by atoms with Crippen molar-refractivity contribution >= 4 is 10.9 Å². The van der Waals surface area contributed by atoms with Crippen LogP contribution in [-0.2, 0) is 13.0 Å². The van der Waals surface area contributed by atoms with Gasteiger partial charge in [-0.05, 0) is 48.4 Å². The molecule has 2 heterocycles. The SMILES string of the molecule is COc1cccc(Cn2c3c(c4ccc(OC)cc42)CCNCC3O)c1. The maximum atomic E-state index is 10.8. The lowest BCUT2D eigenvalue weighted by Gasteiger charge is -2.16. The monoisotopic (exact) mass is 352 g/mol. The van der Waals surface area contributed by atoms with E-state index < -0.39 is 6.10 Å². The molecule has 0 amide bonds. The first kappa shape index (κ1) is 16.9. The first-order valence-corrected chi connectivity index (χ1v) is 8.92. The molecule has 0 radical (unpaired) electrons. The second-order valence-corrected chi connectivity index (χ2v) is 6.65. The van der Waals surface area contributed by atoms with E-state index in [0.717, 1.165) is 41.2 Å². The Morgan fingerprint density at radius 1 is 1.12 bits per heavy atom. The standard InChI is InChI=1S/C21H24N2O3/c1-25-15-5-3-4-14(10-15)13-23-19-11-16(26-2)6-7-17(19)18-8-9-22-12-20(24)21(18)23/h3-7,10-11,20,22,24H,8-9,12-13H2,1-2H3. The van der Waals surface area contributed by atoms with Gasteiger partial charge in [0.25, 0.3) is 0 Å². The minimum atomic E-state index is -0.531. The zero-order valence-corrected chi connectivity index (χ0v) is 15.2. The van der Waals surface area contributed by atoms with E-state index in [0.29, 0.717) is 13.1 Å². The van der Waals surface area contributed by atoms with Crippen LogP contribution in [-0.4, -0.2) is 37.0 Å². The second-order valence-electron chi connectivity index (χ2n) is 6.65. The first-order chi connectivity index (χ1) is 12.7. The van der Waals surface area contributed by atoms with Crippen LogP contribution in [0.5, 0.6) is 11.5 Å². The van der Waals surface area contributed by atoms with Crippen molar-refractivity contribution in [2.24, 2.45) is 0 Å². The summed E-state index contributed by atoms with van der Waals surface area (Å²) in [5.74, 6) is 1.66. The van der Waals surface area contributed by atoms with Gasteiger partial charge in [0.2, 0.25) is 0 Å². The van der Waals surface area contributed by atoms with E-state index in [9.17, 15) is 5.11 Å². The van der Waals surface area contributed by atoms with Crippen LogP contribution in [0.4, 0.5) is 0 Å². The van der Waals surface area contributed by atoms with Crippen molar-refractivity contribution < 1.29 is 14.6 Å². The average Bonchev–Trinajstić information content (AvgIpc) is 2.83. The lowest BCUT2D eigenvalue weighted by atomic mass is 10.1. The molecule has 1 aliphatic rings. The van der Waals surface area contributed by atoms with Crippen LogP contribution in [0.1, 0.15) is 22.9 Å². The van der Waals surface area contributed by atoms with Gasteiger partial charge in [0.1, 0.15) is 17.6 Å². The number of β-amino-alcohol motifs (C(OH)–C–C–N with tert-alkyl or cyclic N) is 1. The number of hydrogen-bond acceptors (Lipinski definition) is 4. The minimum Gasteiger partial charge on any atom is -0.497 e. The van der Waals surface area contributed by atoms with Gasteiger partial charge in [-0.15, -0.1) is 0 Å². The lowest BCUT2D eigenvalue weighted by Crippen LogP contribution is -2.21. The first-order valence-electron chi connectivity index (χ1n) is 8.92. The van der Waals surface area contributed by atoms with Gasteiger partial charge in [-0.25, -0.2) is 0 Å². The Balaban J connectivity index is 1.90. The van der Waals surface area contributed by atoms with Crippen LogP contribution in [0, 0.1) is 0 Å². The number of methoxy groups -OCH3 is 2. The molecule has 5 nitrogen and oxygen atoms in total. The summed E-state index contributed by atoms with van der Waals surface area (Å²) in [4.78, 5) is 0. The smallest absolute Gasteiger partial charge is 0.120 e. The highest BCUT2D eigenvalue weighted by atomic mass is 16.5. The summed E-state index contributed by atoms with van der Waals surface area (Å²) in [5.41, 5.74) is 4.46. The molecule has 2 N–H and O–H groups in total. The number of aliphatic hydroxyl groups is 1. The molecule has 2 aromatic carbocycles. The Morgan fingerprint density at radius 3 is 2.73 bits per heavy atom. The topological polar surface area (TPSA) is 55.7 Å².